The molecule has 4 saturated heterocycles. The molecule has 4 rings (SSSR count). The van der Waals surface area contributed by atoms with Crippen molar-refractivity contribution in [3.8, 4) is 0 Å². The Morgan fingerprint density at radius 3 is 0.645 bits per heavy atom. The maximum absolute atomic E-state index is 13.1. The van der Waals surface area contributed by atoms with Crippen LogP contribution in [0, 0.1) is 0 Å². The van der Waals surface area contributed by atoms with Crippen molar-refractivity contribution in [1.82, 2.24) is 0 Å². The molecule has 0 spiro atoms. The van der Waals surface area contributed by atoms with Gasteiger partial charge in [-0.2, -0.15) is 109 Å². The molecule has 0 bridgehead atoms. The van der Waals surface area contributed by atoms with Crippen molar-refractivity contribution >= 4 is 135 Å². The van der Waals surface area contributed by atoms with Gasteiger partial charge in [-0.15, -0.1) is 0 Å². The quantitative estimate of drug-likeness (QED) is 0.0199. The van der Waals surface area contributed by atoms with Gasteiger partial charge in [-0.1, -0.05) is 51.9 Å². The Labute approximate surface area is 606 Å². The molecular weight excluding hydrogens is 1790 g/mol. The summed E-state index contributed by atoms with van der Waals surface area (Å²) < 4.78 is 553. The van der Waals surface area contributed by atoms with E-state index < -0.39 is 291 Å². The number of ether oxygens (including phenoxy) is 8. The van der Waals surface area contributed by atoms with E-state index >= 15 is 0 Å². The van der Waals surface area contributed by atoms with Crippen molar-refractivity contribution in [2.45, 2.75) is 181 Å². The van der Waals surface area contributed by atoms with Gasteiger partial charge in [-0.05, 0) is 6.42 Å². The van der Waals surface area contributed by atoms with E-state index in [4.69, 9.17) is 37.9 Å². The first-order chi connectivity index (χ1) is 48.1. The molecule has 0 aromatic carbocycles. The number of unbranched alkanes of at least 4 members (excludes halogenated alkanes) is 7. The fraction of sp³-hybridized carbons (Fsp3) is 1.00. The molecule has 636 valence electrons. The van der Waals surface area contributed by atoms with Crippen LogP contribution in [0.2, 0.25) is 0 Å². The molecule has 0 amide bonds. The van der Waals surface area contributed by atoms with Gasteiger partial charge in [0.1, 0.15) is 73.2 Å². The van der Waals surface area contributed by atoms with Gasteiger partial charge in [0.15, 0.2) is 49.6 Å². The molecule has 4 heterocycles. The summed E-state index contributed by atoms with van der Waals surface area (Å²) in [6, 6.07) is 0. The SMILES string of the molecule is CCCCCCCCCCOC1O[C@H](COS(=O)(=O)O)[C@@H](OS(=O)(=O)O)[C@H](O[C@@H]2O[C@H](COS(=O)(=O)O)[C@@H](OS(=O)(=O)O)[C@H](O[C@@H]3O[C@H](COS(=O)(=O)O)[C@@H](OS(=O)(=O)O)[C@H](O[C@@H]4O[C@H](COS(=O)(=O)O)[C@@H](OS(=O)(=O)O)[C@H](OS(=O)(=O)O)[C@H]4OS(=O)(=O)O)[C@H]3OS(=O)(=O)O)[C@H]2OS(=O)(=O)O)[C@H]1OS(=O)(=O)O. The summed E-state index contributed by atoms with van der Waals surface area (Å²) in [5, 5.41) is 0. The van der Waals surface area contributed by atoms with E-state index in [9.17, 15) is 169 Å². The summed E-state index contributed by atoms with van der Waals surface area (Å²) in [6.45, 7) is -7.76. The minimum atomic E-state index is -6.87. The molecular formula is C34H62O60S13. The van der Waals surface area contributed by atoms with Crippen LogP contribution in [0.1, 0.15) is 58.3 Å². The van der Waals surface area contributed by atoms with Crippen molar-refractivity contribution in [3.05, 3.63) is 0 Å². The lowest BCUT2D eigenvalue weighted by Crippen LogP contribution is -2.70. The summed E-state index contributed by atoms with van der Waals surface area (Å²) in [5.74, 6) is 0. The van der Waals surface area contributed by atoms with Gasteiger partial charge in [0.05, 0.1) is 26.4 Å². The first-order valence-electron chi connectivity index (χ1n) is 27.6. The Hall–Kier alpha value is -2.01. The van der Waals surface area contributed by atoms with Crippen LogP contribution in [0.3, 0.4) is 0 Å². The number of hydrogen-bond acceptors (Lipinski definition) is 47. The maximum Gasteiger partial charge on any atom is 0.397 e. The molecule has 60 nitrogen and oxygen atoms in total. The predicted molar refractivity (Wildman–Crippen MR) is 316 cm³/mol. The first-order valence-corrected chi connectivity index (χ1v) is 45.4. The average Bonchev–Trinajstić information content (AvgIpc) is 0.750. The zero-order valence-electron chi connectivity index (χ0n) is 52.0. The lowest BCUT2D eigenvalue weighted by Gasteiger charge is -2.51. The van der Waals surface area contributed by atoms with Gasteiger partial charge in [-0.25, -0.2) is 54.4 Å². The van der Waals surface area contributed by atoms with E-state index in [1.165, 1.54) is 0 Å². The third-order valence-corrected chi connectivity index (χ3v) is 19.1. The van der Waals surface area contributed by atoms with Gasteiger partial charge in [0, 0.05) is 6.61 Å². The fourth-order valence-electron chi connectivity index (χ4n) is 9.74. The van der Waals surface area contributed by atoms with Crippen molar-refractivity contribution in [3.63, 3.8) is 0 Å². The topological polar surface area (TPSA) is 901 Å². The zero-order valence-corrected chi connectivity index (χ0v) is 62.7. The van der Waals surface area contributed by atoms with Crippen LogP contribution in [-0.2, 0) is 227 Å². The van der Waals surface area contributed by atoms with Crippen LogP contribution >= 0.6 is 0 Å². The van der Waals surface area contributed by atoms with Crippen molar-refractivity contribution in [2.24, 2.45) is 0 Å². The molecule has 0 radical (unpaired) electrons. The second kappa shape index (κ2) is 38.2. The minimum absolute atomic E-state index is 0.147. The molecule has 1 unspecified atom stereocenters. The Morgan fingerprint density at radius 1 is 0.224 bits per heavy atom. The number of hydrogen-bond donors (Lipinski definition) is 13. The monoisotopic (exact) mass is 1850 g/mol. The van der Waals surface area contributed by atoms with E-state index in [1.807, 2.05) is 6.92 Å². The van der Waals surface area contributed by atoms with E-state index in [0.717, 1.165) is 19.3 Å². The van der Waals surface area contributed by atoms with Crippen LogP contribution in [0.15, 0.2) is 0 Å². The lowest BCUT2D eigenvalue weighted by atomic mass is 9.95. The minimum Gasteiger partial charge on any atom is -0.350 e. The highest BCUT2D eigenvalue weighted by molar-refractivity contribution is 7.83. The molecule has 0 aromatic rings. The van der Waals surface area contributed by atoms with E-state index in [0.29, 0.717) is 19.3 Å². The average molecular weight is 1850 g/mol. The van der Waals surface area contributed by atoms with Gasteiger partial charge in [0.25, 0.3) is 0 Å². The summed E-state index contributed by atoms with van der Waals surface area (Å²) in [5.41, 5.74) is 0. The summed E-state index contributed by atoms with van der Waals surface area (Å²) in [6.07, 6.45) is -67.7. The van der Waals surface area contributed by atoms with Crippen molar-refractivity contribution in [1.29, 1.82) is 0 Å². The second-order valence-corrected chi connectivity index (χ2v) is 34.9. The zero-order chi connectivity index (χ0) is 82.1. The molecule has 4 aliphatic heterocycles. The number of rotatable bonds is 46. The molecule has 4 aliphatic rings. The smallest absolute Gasteiger partial charge is 0.350 e. The predicted octanol–water partition coefficient (Wildman–Crippen LogP) is -7.83. The van der Waals surface area contributed by atoms with Gasteiger partial charge >= 0.3 is 135 Å². The van der Waals surface area contributed by atoms with Gasteiger partial charge < -0.3 is 37.9 Å². The highest BCUT2D eigenvalue weighted by Crippen LogP contribution is 2.42. The lowest BCUT2D eigenvalue weighted by molar-refractivity contribution is -0.380. The Balaban J connectivity index is 2.27. The highest BCUT2D eigenvalue weighted by atomic mass is 32.3. The van der Waals surface area contributed by atoms with Gasteiger partial charge in [0.2, 0.25) is 0 Å². The van der Waals surface area contributed by atoms with Gasteiger partial charge in [-0.3, -0.25) is 59.2 Å². The van der Waals surface area contributed by atoms with E-state index in [2.05, 4.69) is 54.4 Å². The Morgan fingerprint density at radius 2 is 0.411 bits per heavy atom. The van der Waals surface area contributed by atoms with Crippen LogP contribution in [0.4, 0.5) is 0 Å². The van der Waals surface area contributed by atoms with Crippen LogP contribution in [0.5, 0.6) is 0 Å². The molecule has 107 heavy (non-hydrogen) atoms. The largest absolute Gasteiger partial charge is 0.397 e. The maximum atomic E-state index is 13.1. The third-order valence-electron chi connectivity index (χ3n) is 13.1. The summed E-state index contributed by atoms with van der Waals surface area (Å²) in [7, 11) is -83.6. The van der Waals surface area contributed by atoms with E-state index in [-0.39, 0.29) is 12.8 Å². The van der Waals surface area contributed by atoms with Crippen molar-refractivity contribution in [2.75, 3.05) is 33.0 Å². The van der Waals surface area contributed by atoms with Crippen LogP contribution in [-0.4, -0.2) is 324 Å². The summed E-state index contributed by atoms with van der Waals surface area (Å²) >= 11 is 0. The fourth-order valence-corrected chi connectivity index (χ4v) is 15.4. The molecule has 0 saturated carbocycles. The van der Waals surface area contributed by atoms with Crippen LogP contribution < -0.4 is 0 Å². The highest BCUT2D eigenvalue weighted by Gasteiger charge is 2.63. The van der Waals surface area contributed by atoms with Crippen LogP contribution in [0.25, 0.3) is 0 Å². The normalized spacial score (nSPS) is 31.2. The Kier molecular flexibility index (Phi) is 34.7. The molecule has 4 fully saturated rings. The third kappa shape index (κ3) is 37.4. The standard InChI is InChI=1S/C34H62O60S13/c1-2-3-4-5-6-7-8-9-10-74-31-27(91-104(62,63)64)23(19(86-99(47,48)49)15(79-31)11-75-95(35,36)37)83-32-28(92-105(65,66)67)24(20(87-100(50,51)52)16(80-32)12-76-96(38,39)40)84-33-29(93-106(68,69)70)25(21(88-101(53,54)55)17(81-33)13-77-97(41,42)43)85-34-30(94-107(71,72)73)26(90-103(59,60)61)22(89-102(56,57)58)18(82-34)14-78-98(44,45)46/h15-34H,2-14H2,1H3,(H,35,36,37)(H,38,39,40)(H,41,42,43)(H,44,45,46)(H,47,48,49)(H,50,51,52)(H,53,54,55)(H,56,57,58)(H,59,60,61)(H,62,63,64)(H,65,66,67)(H,68,69,70)(H,71,72,73)/t15-,16-,17-,18-,19-,20-,21-,22-,23+,24+,25+,26+,27-,28-,29-,30-,31?,32+,33+,34+/m1/s1. The second-order valence-electron chi connectivity index (χ2n) is 21.1. The molecule has 0 aliphatic carbocycles. The molecule has 13 N–H and O–H groups in total. The Bertz CT molecular complexity index is 4530. The first kappa shape index (κ1) is 97.4. The van der Waals surface area contributed by atoms with Crippen molar-refractivity contribution < 1.29 is 261 Å². The molecule has 73 heteroatoms. The molecule has 0 aromatic heterocycles. The molecule has 20 atom stereocenters. The summed E-state index contributed by atoms with van der Waals surface area (Å²) in [4.78, 5) is 0. The van der Waals surface area contributed by atoms with E-state index in [1.54, 1.807) is 0 Å².